The van der Waals surface area contributed by atoms with E-state index < -0.39 is 11.7 Å². The Kier molecular flexibility index (Phi) is 7.91. The van der Waals surface area contributed by atoms with Crippen molar-refractivity contribution in [1.29, 1.82) is 0 Å². The minimum absolute atomic E-state index is 0.0116. The number of alkyl halides is 3. The second kappa shape index (κ2) is 10.9. The SMILES string of the molecule is Fc1ccc(C(CCCN2CCN(c3nc(Cl)ccc3C(F)(F)F)CC2)c2ccc(F)cc2)cc1. The second-order valence-electron chi connectivity index (χ2n) is 8.63. The highest BCUT2D eigenvalue weighted by molar-refractivity contribution is 6.29. The first-order chi connectivity index (χ1) is 16.7. The monoisotopic (exact) mass is 509 g/mol. The Bertz CT molecular complexity index is 1070. The van der Waals surface area contributed by atoms with Crippen molar-refractivity contribution in [3.05, 3.63) is 94.1 Å². The molecule has 186 valence electrons. The number of hydrogen-bond donors (Lipinski definition) is 0. The summed E-state index contributed by atoms with van der Waals surface area (Å²) in [6.45, 7) is 2.79. The van der Waals surface area contributed by atoms with Gasteiger partial charge in [0.1, 0.15) is 22.6 Å². The molecule has 0 radical (unpaired) electrons. The standard InChI is InChI=1S/C26H25ClF5N3/c27-24-12-11-23(26(30,31)32)25(33-24)35-16-14-34(15-17-35)13-1-2-22(18-3-7-20(28)8-4-18)19-5-9-21(29)10-6-19/h3-12,22H,1-2,13-17H2. The van der Waals surface area contributed by atoms with E-state index in [2.05, 4.69) is 9.88 Å². The van der Waals surface area contributed by atoms with Gasteiger partial charge in [0.05, 0.1) is 5.56 Å². The molecule has 0 saturated carbocycles. The van der Waals surface area contributed by atoms with Gasteiger partial charge in [-0.05, 0) is 66.9 Å². The highest BCUT2D eigenvalue weighted by Crippen LogP contribution is 2.36. The number of rotatable bonds is 7. The van der Waals surface area contributed by atoms with Gasteiger partial charge in [0, 0.05) is 32.1 Å². The predicted octanol–water partition coefficient (Wildman–Crippen LogP) is 6.77. The quantitative estimate of drug-likeness (QED) is 0.259. The molecular formula is C26H25ClF5N3. The average Bonchev–Trinajstić information content (AvgIpc) is 2.83. The zero-order valence-electron chi connectivity index (χ0n) is 18.9. The van der Waals surface area contributed by atoms with Gasteiger partial charge in [-0.15, -0.1) is 0 Å². The van der Waals surface area contributed by atoms with E-state index in [4.69, 9.17) is 11.6 Å². The molecule has 9 heteroatoms. The van der Waals surface area contributed by atoms with Gasteiger partial charge < -0.3 is 4.90 Å². The van der Waals surface area contributed by atoms with Crippen molar-refractivity contribution < 1.29 is 22.0 Å². The van der Waals surface area contributed by atoms with E-state index in [0.717, 1.165) is 42.6 Å². The molecule has 1 aromatic heterocycles. The molecule has 35 heavy (non-hydrogen) atoms. The van der Waals surface area contributed by atoms with Crippen LogP contribution in [0.2, 0.25) is 5.15 Å². The topological polar surface area (TPSA) is 19.4 Å². The van der Waals surface area contributed by atoms with E-state index in [1.807, 2.05) is 0 Å². The summed E-state index contributed by atoms with van der Waals surface area (Å²) in [4.78, 5) is 7.79. The molecule has 0 unspecified atom stereocenters. The Hall–Kier alpha value is -2.71. The molecule has 0 aliphatic carbocycles. The summed E-state index contributed by atoms with van der Waals surface area (Å²) < 4.78 is 67.1. The summed E-state index contributed by atoms with van der Waals surface area (Å²) in [6.07, 6.45) is -2.91. The maximum absolute atomic E-state index is 13.4. The Balaban J connectivity index is 1.37. The second-order valence-corrected chi connectivity index (χ2v) is 9.02. The summed E-state index contributed by atoms with van der Waals surface area (Å²) in [5, 5.41) is 0.0306. The van der Waals surface area contributed by atoms with Crippen molar-refractivity contribution in [1.82, 2.24) is 9.88 Å². The predicted molar refractivity (Wildman–Crippen MR) is 127 cm³/mol. The lowest BCUT2D eigenvalue weighted by molar-refractivity contribution is -0.137. The van der Waals surface area contributed by atoms with E-state index in [1.165, 1.54) is 24.3 Å². The smallest absolute Gasteiger partial charge is 0.353 e. The van der Waals surface area contributed by atoms with Crippen LogP contribution in [0.5, 0.6) is 0 Å². The molecule has 3 aromatic rings. The minimum Gasteiger partial charge on any atom is -0.353 e. The van der Waals surface area contributed by atoms with Crippen molar-refractivity contribution in [3.63, 3.8) is 0 Å². The normalized spacial score (nSPS) is 15.1. The minimum atomic E-state index is -4.50. The van der Waals surface area contributed by atoms with Gasteiger partial charge in [-0.2, -0.15) is 13.2 Å². The van der Waals surface area contributed by atoms with Crippen LogP contribution in [0.25, 0.3) is 0 Å². The fourth-order valence-electron chi connectivity index (χ4n) is 4.51. The van der Waals surface area contributed by atoms with Crippen molar-refractivity contribution in [2.75, 3.05) is 37.6 Å². The third-order valence-electron chi connectivity index (χ3n) is 6.33. The Labute approximate surface area is 206 Å². The van der Waals surface area contributed by atoms with Crippen molar-refractivity contribution in [3.8, 4) is 0 Å². The van der Waals surface area contributed by atoms with Crippen LogP contribution in [0.15, 0.2) is 60.7 Å². The third-order valence-corrected chi connectivity index (χ3v) is 6.54. The van der Waals surface area contributed by atoms with E-state index in [9.17, 15) is 22.0 Å². The van der Waals surface area contributed by atoms with Gasteiger partial charge >= 0.3 is 6.18 Å². The van der Waals surface area contributed by atoms with E-state index in [1.54, 1.807) is 29.2 Å². The van der Waals surface area contributed by atoms with Crippen LogP contribution in [0.1, 0.15) is 35.4 Å². The zero-order valence-corrected chi connectivity index (χ0v) is 19.7. The zero-order chi connectivity index (χ0) is 25.0. The van der Waals surface area contributed by atoms with Crippen LogP contribution in [-0.4, -0.2) is 42.6 Å². The van der Waals surface area contributed by atoms with Crippen LogP contribution in [0, 0.1) is 11.6 Å². The van der Waals surface area contributed by atoms with Gasteiger partial charge in [-0.3, -0.25) is 4.90 Å². The number of aromatic nitrogens is 1. The van der Waals surface area contributed by atoms with Gasteiger partial charge in [0.2, 0.25) is 0 Å². The molecule has 3 nitrogen and oxygen atoms in total. The first-order valence-electron chi connectivity index (χ1n) is 11.4. The number of pyridine rings is 1. The lowest BCUT2D eigenvalue weighted by Gasteiger charge is -2.36. The first kappa shape index (κ1) is 25.4. The number of piperazine rings is 1. The van der Waals surface area contributed by atoms with Crippen LogP contribution in [0.3, 0.4) is 0 Å². The van der Waals surface area contributed by atoms with Crippen molar-refractivity contribution in [2.45, 2.75) is 24.9 Å². The molecular weight excluding hydrogens is 485 g/mol. The molecule has 2 heterocycles. The summed E-state index contributed by atoms with van der Waals surface area (Å²) in [5.74, 6) is -0.764. The molecule has 1 aliphatic heterocycles. The third kappa shape index (κ3) is 6.49. The lowest BCUT2D eigenvalue weighted by Crippen LogP contribution is -2.47. The molecule has 0 amide bonds. The number of hydrogen-bond acceptors (Lipinski definition) is 3. The molecule has 2 aromatic carbocycles. The molecule has 1 aliphatic rings. The average molecular weight is 510 g/mol. The van der Waals surface area contributed by atoms with Crippen LogP contribution in [-0.2, 0) is 6.18 Å². The number of benzene rings is 2. The van der Waals surface area contributed by atoms with Crippen LogP contribution >= 0.6 is 11.6 Å². The fraction of sp³-hybridized carbons (Fsp3) is 0.346. The molecule has 1 saturated heterocycles. The summed E-state index contributed by atoms with van der Waals surface area (Å²) in [5.41, 5.74) is 1.13. The van der Waals surface area contributed by atoms with Gasteiger partial charge in [-0.25, -0.2) is 13.8 Å². The van der Waals surface area contributed by atoms with Crippen LogP contribution < -0.4 is 4.90 Å². The molecule has 0 atom stereocenters. The van der Waals surface area contributed by atoms with Crippen molar-refractivity contribution in [2.24, 2.45) is 0 Å². The van der Waals surface area contributed by atoms with E-state index in [0.29, 0.717) is 26.2 Å². The van der Waals surface area contributed by atoms with Crippen molar-refractivity contribution >= 4 is 17.4 Å². The van der Waals surface area contributed by atoms with Gasteiger partial charge in [0.25, 0.3) is 0 Å². The lowest BCUT2D eigenvalue weighted by atomic mass is 9.87. The number of anilines is 1. The maximum atomic E-state index is 13.4. The number of nitrogens with zero attached hydrogens (tertiary/aromatic N) is 3. The van der Waals surface area contributed by atoms with Crippen LogP contribution in [0.4, 0.5) is 27.8 Å². The maximum Gasteiger partial charge on any atom is 0.419 e. The fourth-order valence-corrected chi connectivity index (χ4v) is 4.65. The van der Waals surface area contributed by atoms with Gasteiger partial charge in [-0.1, -0.05) is 35.9 Å². The molecule has 1 fully saturated rings. The number of halogens is 6. The largest absolute Gasteiger partial charge is 0.419 e. The Morgan fingerprint density at radius 1 is 0.800 bits per heavy atom. The highest BCUT2D eigenvalue weighted by atomic mass is 35.5. The van der Waals surface area contributed by atoms with E-state index >= 15 is 0 Å². The summed E-state index contributed by atoms with van der Waals surface area (Å²) in [7, 11) is 0. The van der Waals surface area contributed by atoms with Gasteiger partial charge in [0.15, 0.2) is 0 Å². The summed E-state index contributed by atoms with van der Waals surface area (Å²) in [6, 6.07) is 14.8. The molecule has 0 spiro atoms. The Morgan fingerprint density at radius 3 is 1.86 bits per heavy atom. The van der Waals surface area contributed by atoms with E-state index in [-0.39, 0.29) is 28.5 Å². The Morgan fingerprint density at radius 2 is 1.34 bits per heavy atom. The molecule has 0 N–H and O–H groups in total. The molecule has 4 rings (SSSR count). The summed E-state index contributed by atoms with van der Waals surface area (Å²) >= 11 is 5.87. The first-order valence-corrected chi connectivity index (χ1v) is 11.8. The molecule has 0 bridgehead atoms. The highest BCUT2D eigenvalue weighted by Gasteiger charge is 2.36.